The van der Waals surface area contributed by atoms with Gasteiger partial charge in [0, 0.05) is 27.9 Å². The van der Waals surface area contributed by atoms with Gasteiger partial charge in [-0.2, -0.15) is 0 Å². The fourth-order valence-electron chi connectivity index (χ4n) is 2.10. The number of thiocarbonyl (C=S) groups is 1. The minimum Gasteiger partial charge on any atom is -0.333 e. The molecule has 0 spiro atoms. The van der Waals surface area contributed by atoms with Crippen molar-refractivity contribution in [2.45, 2.75) is 5.37 Å². The second-order valence-corrected chi connectivity index (χ2v) is 9.00. The second-order valence-electron chi connectivity index (χ2n) is 4.50. The molecule has 0 amide bonds. The highest BCUT2D eigenvalue weighted by atomic mass is 79.9. The molecule has 0 saturated carbocycles. The summed E-state index contributed by atoms with van der Waals surface area (Å²) in [6, 6.07) is 11.9. The Morgan fingerprint density at radius 2 is 2.05 bits per heavy atom. The first-order chi connectivity index (χ1) is 10.1. The van der Waals surface area contributed by atoms with Crippen LogP contribution in [-0.4, -0.2) is 22.3 Å². The molecule has 1 aromatic carbocycles. The molecule has 7 heteroatoms. The van der Waals surface area contributed by atoms with Crippen LogP contribution in [0.15, 0.2) is 40.2 Å². The summed E-state index contributed by atoms with van der Waals surface area (Å²) in [5.74, 6) is 1.09. The van der Waals surface area contributed by atoms with Crippen molar-refractivity contribution < 1.29 is 0 Å². The van der Waals surface area contributed by atoms with Crippen LogP contribution < -0.4 is 5.32 Å². The summed E-state index contributed by atoms with van der Waals surface area (Å²) in [6.45, 7) is 0.963. The van der Waals surface area contributed by atoms with Crippen LogP contribution in [0.1, 0.15) is 10.3 Å². The largest absolute Gasteiger partial charge is 0.333 e. The third-order valence-corrected chi connectivity index (χ3v) is 6.74. The van der Waals surface area contributed by atoms with Gasteiger partial charge in [-0.05, 0) is 64.5 Å². The molecule has 1 atom stereocenters. The predicted molar refractivity (Wildman–Crippen MR) is 102 cm³/mol. The lowest BCUT2D eigenvalue weighted by Crippen LogP contribution is -2.33. The van der Waals surface area contributed by atoms with Crippen molar-refractivity contribution in [3.63, 3.8) is 0 Å². The smallest absolute Gasteiger partial charge is 0.174 e. The third-order valence-electron chi connectivity index (χ3n) is 3.08. The van der Waals surface area contributed by atoms with Gasteiger partial charge in [-0.3, -0.25) is 0 Å². The molecule has 0 bridgehead atoms. The first-order valence-corrected chi connectivity index (χ1v) is 9.78. The number of hydrogen-bond donors (Lipinski definition) is 1. The van der Waals surface area contributed by atoms with Crippen LogP contribution in [0.3, 0.4) is 0 Å². The van der Waals surface area contributed by atoms with Crippen molar-refractivity contribution >= 4 is 73.6 Å². The standard InChI is InChI=1S/C14H12BrClN2S3/c15-12-6-5-11(21-12)13-18(7-8-20-13)14(19)17-10-3-1-9(16)2-4-10/h1-6,13H,7-8H2,(H,17,19)/t13-/m1/s1. The summed E-state index contributed by atoms with van der Waals surface area (Å²) in [6.07, 6.45) is 0. The van der Waals surface area contributed by atoms with Gasteiger partial charge in [0.15, 0.2) is 5.11 Å². The zero-order chi connectivity index (χ0) is 14.8. The minimum atomic E-state index is 0.300. The summed E-state index contributed by atoms with van der Waals surface area (Å²) in [7, 11) is 0. The molecular weight excluding hydrogens is 408 g/mol. The van der Waals surface area contributed by atoms with E-state index in [0.717, 1.165) is 31.9 Å². The van der Waals surface area contributed by atoms with E-state index in [0.29, 0.717) is 5.37 Å². The summed E-state index contributed by atoms with van der Waals surface area (Å²) in [4.78, 5) is 3.57. The van der Waals surface area contributed by atoms with Gasteiger partial charge in [-0.25, -0.2) is 0 Å². The number of nitrogens with zero attached hydrogens (tertiary/aromatic N) is 1. The van der Waals surface area contributed by atoms with Crippen LogP contribution >= 0.6 is 62.8 Å². The van der Waals surface area contributed by atoms with Crippen LogP contribution in [0.25, 0.3) is 0 Å². The summed E-state index contributed by atoms with van der Waals surface area (Å²) >= 11 is 18.7. The number of nitrogens with one attached hydrogen (secondary N) is 1. The number of rotatable bonds is 2. The average Bonchev–Trinajstić information content (AvgIpc) is 3.09. The summed E-state index contributed by atoms with van der Waals surface area (Å²) < 4.78 is 1.15. The quantitative estimate of drug-likeness (QED) is 0.636. The predicted octanol–water partition coefficient (Wildman–Crippen LogP) is 5.61. The van der Waals surface area contributed by atoms with E-state index >= 15 is 0 Å². The Morgan fingerprint density at radius 1 is 1.29 bits per heavy atom. The van der Waals surface area contributed by atoms with Crippen molar-refractivity contribution in [3.05, 3.63) is 50.1 Å². The van der Waals surface area contributed by atoms with E-state index < -0.39 is 0 Å². The van der Waals surface area contributed by atoms with Crippen LogP contribution in [-0.2, 0) is 0 Å². The maximum Gasteiger partial charge on any atom is 0.174 e. The molecule has 1 fully saturated rings. The van der Waals surface area contributed by atoms with E-state index in [1.54, 1.807) is 11.3 Å². The highest BCUT2D eigenvalue weighted by Gasteiger charge is 2.29. The number of anilines is 1. The topological polar surface area (TPSA) is 15.3 Å². The van der Waals surface area contributed by atoms with Gasteiger partial charge in [-0.1, -0.05) is 11.6 Å². The van der Waals surface area contributed by atoms with Gasteiger partial charge in [0.25, 0.3) is 0 Å². The van der Waals surface area contributed by atoms with Gasteiger partial charge in [0.2, 0.25) is 0 Å². The molecule has 0 aliphatic carbocycles. The fraction of sp³-hybridized carbons (Fsp3) is 0.214. The van der Waals surface area contributed by atoms with E-state index in [2.05, 4.69) is 38.3 Å². The number of thiophene rings is 1. The van der Waals surface area contributed by atoms with E-state index in [-0.39, 0.29) is 0 Å². The molecular formula is C14H12BrClN2S3. The Kier molecular flexibility index (Phi) is 5.11. The summed E-state index contributed by atoms with van der Waals surface area (Å²) in [5.41, 5.74) is 0.965. The van der Waals surface area contributed by atoms with Crippen molar-refractivity contribution in [1.29, 1.82) is 0 Å². The third kappa shape index (κ3) is 3.74. The lowest BCUT2D eigenvalue weighted by Gasteiger charge is -2.26. The van der Waals surface area contributed by atoms with E-state index in [9.17, 15) is 0 Å². The molecule has 1 aromatic heterocycles. The Bertz CT molecular complexity index is 644. The maximum atomic E-state index is 5.90. The Labute approximate surface area is 151 Å². The molecule has 1 saturated heterocycles. The molecule has 0 unspecified atom stereocenters. The first kappa shape index (κ1) is 15.6. The number of hydrogen-bond acceptors (Lipinski definition) is 3. The first-order valence-electron chi connectivity index (χ1n) is 6.33. The molecule has 2 nitrogen and oxygen atoms in total. The van der Waals surface area contributed by atoms with Crippen molar-refractivity contribution in [1.82, 2.24) is 4.90 Å². The van der Waals surface area contributed by atoms with Gasteiger partial charge in [0.05, 0.1) is 3.79 Å². The normalized spacial score (nSPS) is 18.0. The van der Waals surface area contributed by atoms with Gasteiger partial charge < -0.3 is 10.2 Å². The monoisotopic (exact) mass is 418 g/mol. The maximum absolute atomic E-state index is 5.90. The lowest BCUT2D eigenvalue weighted by atomic mass is 10.3. The van der Waals surface area contributed by atoms with Gasteiger partial charge in [-0.15, -0.1) is 23.1 Å². The van der Waals surface area contributed by atoms with Crippen LogP contribution in [0.2, 0.25) is 5.02 Å². The lowest BCUT2D eigenvalue weighted by molar-refractivity contribution is 0.462. The van der Waals surface area contributed by atoms with Crippen molar-refractivity contribution in [3.8, 4) is 0 Å². The Morgan fingerprint density at radius 3 is 2.71 bits per heavy atom. The molecule has 2 heterocycles. The van der Waals surface area contributed by atoms with E-state index in [1.807, 2.05) is 36.0 Å². The molecule has 2 aromatic rings. The van der Waals surface area contributed by atoms with Gasteiger partial charge in [0.1, 0.15) is 5.37 Å². The molecule has 1 aliphatic heterocycles. The number of thioether (sulfide) groups is 1. The number of halogens is 2. The van der Waals surface area contributed by atoms with Crippen molar-refractivity contribution in [2.75, 3.05) is 17.6 Å². The molecule has 3 rings (SSSR count). The highest BCUT2D eigenvalue weighted by molar-refractivity contribution is 9.11. The molecule has 110 valence electrons. The SMILES string of the molecule is S=C(Nc1ccc(Cl)cc1)N1CCS[C@@H]1c1ccc(Br)s1. The van der Waals surface area contributed by atoms with Crippen LogP contribution in [0.4, 0.5) is 5.69 Å². The molecule has 1 aliphatic rings. The second kappa shape index (κ2) is 6.87. The molecule has 1 N–H and O–H groups in total. The van der Waals surface area contributed by atoms with E-state index in [4.69, 9.17) is 23.8 Å². The Balaban J connectivity index is 1.72. The van der Waals surface area contributed by atoms with Crippen LogP contribution in [0, 0.1) is 0 Å². The summed E-state index contributed by atoms with van der Waals surface area (Å²) in [5, 5.41) is 5.08. The molecule has 21 heavy (non-hydrogen) atoms. The highest BCUT2D eigenvalue weighted by Crippen LogP contribution is 2.42. The van der Waals surface area contributed by atoms with Gasteiger partial charge >= 0.3 is 0 Å². The van der Waals surface area contributed by atoms with Crippen LogP contribution in [0.5, 0.6) is 0 Å². The molecule has 0 radical (unpaired) electrons. The zero-order valence-electron chi connectivity index (χ0n) is 10.9. The number of benzene rings is 1. The van der Waals surface area contributed by atoms with E-state index in [1.165, 1.54) is 4.88 Å². The van der Waals surface area contributed by atoms with Crippen molar-refractivity contribution in [2.24, 2.45) is 0 Å². The fourth-order valence-corrected chi connectivity index (χ4v) is 5.54. The minimum absolute atomic E-state index is 0.300. The average molecular weight is 420 g/mol. The zero-order valence-corrected chi connectivity index (χ0v) is 15.7. The Hall–Kier alpha value is -0.270.